The van der Waals surface area contributed by atoms with Crippen LogP contribution in [0, 0.1) is 11.8 Å². The Hall–Kier alpha value is -1.05. The largest absolute Gasteiger partial charge is 0.342 e. The minimum atomic E-state index is 0.527. The second kappa shape index (κ2) is 4.21. The zero-order valence-electron chi connectivity index (χ0n) is 9.52. The van der Waals surface area contributed by atoms with Crippen molar-refractivity contribution in [1.82, 2.24) is 4.57 Å². The van der Waals surface area contributed by atoms with E-state index in [1.54, 1.807) is 0 Å². The normalized spacial score (nSPS) is 31.5. The predicted octanol–water partition coefficient (Wildman–Crippen LogP) is 3.30. The lowest BCUT2D eigenvalue weighted by atomic mass is 9.80. The topological polar surface area (TPSA) is 22.0 Å². The molecule has 15 heavy (non-hydrogen) atoms. The molecule has 2 rings (SSSR count). The highest BCUT2D eigenvalue weighted by Crippen LogP contribution is 2.36. The summed E-state index contributed by atoms with van der Waals surface area (Å²) >= 11 is 0. The van der Waals surface area contributed by atoms with Crippen LogP contribution in [0.5, 0.6) is 0 Å². The van der Waals surface area contributed by atoms with Crippen LogP contribution in [-0.4, -0.2) is 10.9 Å². The summed E-state index contributed by atoms with van der Waals surface area (Å²) in [5.41, 5.74) is 0.821. The lowest BCUT2D eigenvalue weighted by molar-refractivity contribution is 0.110. The van der Waals surface area contributed by atoms with E-state index in [-0.39, 0.29) is 0 Å². The molecule has 1 aromatic rings. The molecule has 2 atom stereocenters. The average Bonchev–Trinajstić information content (AvgIpc) is 2.63. The Labute approximate surface area is 91.3 Å². The van der Waals surface area contributed by atoms with Crippen LogP contribution in [0.2, 0.25) is 0 Å². The van der Waals surface area contributed by atoms with Gasteiger partial charge in [-0.2, -0.15) is 0 Å². The first-order valence-electron chi connectivity index (χ1n) is 5.82. The highest BCUT2D eigenvalue weighted by Gasteiger charge is 2.25. The van der Waals surface area contributed by atoms with Gasteiger partial charge < -0.3 is 4.57 Å². The van der Waals surface area contributed by atoms with E-state index in [9.17, 15) is 4.79 Å². The fourth-order valence-corrected chi connectivity index (χ4v) is 2.97. The van der Waals surface area contributed by atoms with Crippen molar-refractivity contribution >= 4 is 6.29 Å². The number of hydrogen-bond donors (Lipinski definition) is 0. The summed E-state index contributed by atoms with van der Waals surface area (Å²) in [6, 6.07) is 4.39. The Bertz CT molecular complexity index is 332. The molecule has 2 nitrogen and oxygen atoms in total. The minimum Gasteiger partial charge on any atom is -0.342 e. The molecule has 0 spiro atoms. The van der Waals surface area contributed by atoms with E-state index in [1.807, 2.05) is 18.3 Å². The predicted molar refractivity (Wildman–Crippen MR) is 61.0 cm³/mol. The molecule has 0 radical (unpaired) electrons. The van der Waals surface area contributed by atoms with Gasteiger partial charge in [-0.1, -0.05) is 13.8 Å². The molecule has 2 unspecified atom stereocenters. The molecular formula is C13H19NO. The van der Waals surface area contributed by atoms with E-state index in [0.29, 0.717) is 6.04 Å². The van der Waals surface area contributed by atoms with Gasteiger partial charge in [-0.3, -0.25) is 4.79 Å². The number of aromatic nitrogens is 1. The molecule has 1 heterocycles. The Kier molecular flexibility index (Phi) is 2.94. The Morgan fingerprint density at radius 1 is 1.27 bits per heavy atom. The van der Waals surface area contributed by atoms with Gasteiger partial charge >= 0.3 is 0 Å². The molecule has 1 saturated carbocycles. The van der Waals surface area contributed by atoms with Crippen LogP contribution in [-0.2, 0) is 0 Å². The summed E-state index contributed by atoms with van der Waals surface area (Å²) in [5, 5.41) is 0. The maximum absolute atomic E-state index is 10.9. The standard InChI is InChI=1S/C13H19NO/c1-10-6-11(2)8-13(7-10)14-5-3-4-12(14)9-15/h3-5,9-11,13H,6-8H2,1-2H3. The smallest absolute Gasteiger partial charge is 0.166 e. The highest BCUT2D eigenvalue weighted by atomic mass is 16.1. The van der Waals surface area contributed by atoms with Crippen LogP contribution >= 0.6 is 0 Å². The molecule has 0 aliphatic heterocycles. The molecule has 82 valence electrons. The van der Waals surface area contributed by atoms with Gasteiger partial charge in [0.05, 0.1) is 5.69 Å². The fourth-order valence-electron chi connectivity index (χ4n) is 2.97. The third kappa shape index (κ3) is 2.14. The van der Waals surface area contributed by atoms with Crippen molar-refractivity contribution in [2.24, 2.45) is 11.8 Å². The van der Waals surface area contributed by atoms with Crippen molar-refractivity contribution in [3.05, 3.63) is 24.0 Å². The van der Waals surface area contributed by atoms with Crippen LogP contribution in [0.1, 0.15) is 49.6 Å². The first-order valence-corrected chi connectivity index (χ1v) is 5.82. The zero-order valence-corrected chi connectivity index (χ0v) is 9.52. The third-order valence-corrected chi connectivity index (χ3v) is 3.48. The summed E-state index contributed by atoms with van der Waals surface area (Å²) < 4.78 is 2.15. The van der Waals surface area contributed by atoms with E-state index < -0.39 is 0 Å². The van der Waals surface area contributed by atoms with Gasteiger partial charge in [0.2, 0.25) is 0 Å². The zero-order chi connectivity index (χ0) is 10.8. The first-order chi connectivity index (χ1) is 7.20. The van der Waals surface area contributed by atoms with Crippen LogP contribution in [0.25, 0.3) is 0 Å². The van der Waals surface area contributed by atoms with E-state index in [2.05, 4.69) is 18.4 Å². The lowest BCUT2D eigenvalue weighted by Crippen LogP contribution is -2.23. The second-order valence-electron chi connectivity index (χ2n) is 5.03. The van der Waals surface area contributed by atoms with Gasteiger partial charge in [0.15, 0.2) is 6.29 Å². The quantitative estimate of drug-likeness (QED) is 0.679. The molecule has 1 aromatic heterocycles. The molecule has 0 bridgehead atoms. The maximum atomic E-state index is 10.9. The molecule has 1 aliphatic rings. The number of nitrogens with zero attached hydrogens (tertiary/aromatic N) is 1. The van der Waals surface area contributed by atoms with Gasteiger partial charge in [0.1, 0.15) is 0 Å². The van der Waals surface area contributed by atoms with E-state index in [4.69, 9.17) is 0 Å². The second-order valence-corrected chi connectivity index (χ2v) is 5.03. The molecule has 0 N–H and O–H groups in total. The van der Waals surface area contributed by atoms with Gasteiger partial charge in [-0.05, 0) is 43.2 Å². The summed E-state index contributed by atoms with van der Waals surface area (Å²) in [6.07, 6.45) is 6.75. The van der Waals surface area contributed by atoms with Gasteiger partial charge in [0.25, 0.3) is 0 Å². The lowest BCUT2D eigenvalue weighted by Gasteiger charge is -2.33. The Morgan fingerprint density at radius 2 is 1.93 bits per heavy atom. The van der Waals surface area contributed by atoms with Gasteiger partial charge in [0, 0.05) is 12.2 Å². The van der Waals surface area contributed by atoms with Crippen LogP contribution in [0.4, 0.5) is 0 Å². The molecule has 0 saturated heterocycles. The minimum absolute atomic E-state index is 0.527. The highest BCUT2D eigenvalue weighted by molar-refractivity contribution is 5.72. The molecule has 1 aliphatic carbocycles. The van der Waals surface area contributed by atoms with E-state index >= 15 is 0 Å². The van der Waals surface area contributed by atoms with E-state index in [0.717, 1.165) is 23.8 Å². The van der Waals surface area contributed by atoms with Crippen molar-refractivity contribution < 1.29 is 4.79 Å². The van der Waals surface area contributed by atoms with Gasteiger partial charge in [-0.15, -0.1) is 0 Å². The van der Waals surface area contributed by atoms with Crippen molar-refractivity contribution in [2.45, 2.75) is 39.2 Å². The molecule has 1 fully saturated rings. The summed E-state index contributed by atoms with van der Waals surface area (Å²) in [5.74, 6) is 1.56. The fraction of sp³-hybridized carbons (Fsp3) is 0.615. The summed E-state index contributed by atoms with van der Waals surface area (Å²) in [6.45, 7) is 4.62. The molecule has 0 aromatic carbocycles. The SMILES string of the molecule is CC1CC(C)CC(n2cccc2C=O)C1. The Balaban J connectivity index is 2.19. The summed E-state index contributed by atoms with van der Waals surface area (Å²) in [7, 11) is 0. The molecule has 2 heteroatoms. The molecular weight excluding hydrogens is 186 g/mol. The number of rotatable bonds is 2. The number of hydrogen-bond acceptors (Lipinski definition) is 1. The number of carbonyl (C=O) groups is 1. The molecule has 0 amide bonds. The van der Waals surface area contributed by atoms with Crippen molar-refractivity contribution in [1.29, 1.82) is 0 Å². The first kappa shape index (κ1) is 10.5. The number of carbonyl (C=O) groups excluding carboxylic acids is 1. The number of aldehydes is 1. The van der Waals surface area contributed by atoms with Crippen molar-refractivity contribution in [2.75, 3.05) is 0 Å². The van der Waals surface area contributed by atoms with Gasteiger partial charge in [-0.25, -0.2) is 0 Å². The average molecular weight is 205 g/mol. The third-order valence-electron chi connectivity index (χ3n) is 3.48. The van der Waals surface area contributed by atoms with Crippen LogP contribution < -0.4 is 0 Å². The van der Waals surface area contributed by atoms with Crippen LogP contribution in [0.3, 0.4) is 0 Å². The Morgan fingerprint density at radius 3 is 2.53 bits per heavy atom. The van der Waals surface area contributed by atoms with E-state index in [1.165, 1.54) is 19.3 Å². The van der Waals surface area contributed by atoms with Crippen LogP contribution in [0.15, 0.2) is 18.3 Å². The van der Waals surface area contributed by atoms with Crippen molar-refractivity contribution in [3.63, 3.8) is 0 Å². The van der Waals surface area contributed by atoms with Crippen molar-refractivity contribution in [3.8, 4) is 0 Å². The maximum Gasteiger partial charge on any atom is 0.166 e. The monoisotopic (exact) mass is 205 g/mol. The summed E-state index contributed by atoms with van der Waals surface area (Å²) in [4.78, 5) is 10.9.